The minimum atomic E-state index is -1.30. The van der Waals surface area contributed by atoms with Crippen molar-refractivity contribution in [2.75, 3.05) is 39.3 Å². The number of hydrogen-bond donors (Lipinski definition) is 1. The monoisotopic (exact) mass is 676 g/mol. The maximum Gasteiger partial charge on any atom is 0.301 e. The van der Waals surface area contributed by atoms with Crippen LogP contribution in [0.25, 0.3) is 22.4 Å². The number of halogens is 1. The van der Waals surface area contributed by atoms with Gasteiger partial charge in [-0.25, -0.2) is 4.98 Å². The van der Waals surface area contributed by atoms with Crippen molar-refractivity contribution in [2.45, 2.75) is 74.9 Å². The highest BCUT2D eigenvalue weighted by Gasteiger charge is 2.49. The molecular weight excluding hydrogens is 636 g/mol. The van der Waals surface area contributed by atoms with Crippen molar-refractivity contribution in [2.24, 2.45) is 4.36 Å². The zero-order valence-corrected chi connectivity index (χ0v) is 28.7. The van der Waals surface area contributed by atoms with E-state index in [9.17, 15) is 9.90 Å². The minimum Gasteiger partial charge on any atom is -0.456 e. The number of pyridine rings is 1. The topological polar surface area (TPSA) is 127 Å². The Bertz CT molecular complexity index is 1560. The van der Waals surface area contributed by atoms with Gasteiger partial charge in [0.25, 0.3) is 5.91 Å². The first-order valence-corrected chi connectivity index (χ1v) is 21.1. The van der Waals surface area contributed by atoms with Gasteiger partial charge in [0.15, 0.2) is 11.8 Å². The molecule has 0 aliphatic carbocycles. The lowest BCUT2D eigenvalue weighted by atomic mass is 10.1. The number of aliphatic hydroxyl groups excluding tert-OH is 1. The van der Waals surface area contributed by atoms with Gasteiger partial charge in [0.2, 0.25) is 0 Å². The highest BCUT2D eigenvalue weighted by atomic mass is 35.5. The van der Waals surface area contributed by atoms with E-state index in [0.717, 1.165) is 37.7 Å². The molecule has 5 atom stereocenters. The second-order valence-corrected chi connectivity index (χ2v) is 20.9. The molecule has 1 amide bonds. The molecule has 3 fully saturated rings. The largest absolute Gasteiger partial charge is 0.456 e. The standard InChI is InChI=1S/C31H41ClN4O7SSi/c1-44(21-9-11-39-12-10-21)35-30(38)20-7-5-19(6-8-20)26-22(32)15-23-29(34-26)36(18-40-13-14-45(2,3)4)31(33-23)43-25-17-42-27-24(37)16-41-28(25)27/h5-8,15,21,24-25,27-28,37H,9-14,16-18H2,1-4H3/t24-,25-,27-,28-,44?/m1/s1. The molecule has 0 spiro atoms. The summed E-state index contributed by atoms with van der Waals surface area (Å²) in [6.45, 7) is 9.65. The summed E-state index contributed by atoms with van der Waals surface area (Å²) in [7, 11) is -1.66. The Labute approximate surface area is 271 Å². The van der Waals surface area contributed by atoms with Gasteiger partial charge in [0, 0.05) is 44.3 Å². The Morgan fingerprint density at radius 2 is 1.87 bits per heavy atom. The van der Waals surface area contributed by atoms with Crippen LogP contribution in [-0.4, -0.2) is 103 Å². The highest BCUT2D eigenvalue weighted by molar-refractivity contribution is 7.87. The van der Waals surface area contributed by atoms with Gasteiger partial charge in [-0.15, -0.1) is 0 Å². The van der Waals surface area contributed by atoms with Crippen LogP contribution in [0.15, 0.2) is 34.7 Å². The van der Waals surface area contributed by atoms with E-state index < -0.39 is 26.4 Å². The number of carbonyl (C=O) groups excluding carboxylic acids is 1. The van der Waals surface area contributed by atoms with E-state index in [1.54, 1.807) is 22.8 Å². The minimum absolute atomic E-state index is 0.191. The van der Waals surface area contributed by atoms with Crippen molar-refractivity contribution in [1.29, 1.82) is 0 Å². The Balaban J connectivity index is 1.26. The third-order valence-corrected chi connectivity index (χ3v) is 12.3. The molecule has 1 N–H and O–H groups in total. The summed E-state index contributed by atoms with van der Waals surface area (Å²) in [6.07, 6.45) is 1.96. The number of aromatic nitrogens is 3. The van der Waals surface area contributed by atoms with Gasteiger partial charge in [-0.2, -0.15) is 9.35 Å². The van der Waals surface area contributed by atoms with E-state index in [0.29, 0.717) is 45.3 Å². The van der Waals surface area contributed by atoms with Crippen molar-refractivity contribution >= 4 is 47.4 Å². The third-order valence-electron chi connectivity index (χ3n) is 8.38. The first-order valence-electron chi connectivity index (χ1n) is 15.4. The molecule has 6 rings (SSSR count). The Morgan fingerprint density at radius 3 is 2.60 bits per heavy atom. The molecule has 3 aromatic rings. The molecule has 0 radical (unpaired) electrons. The van der Waals surface area contributed by atoms with Crippen LogP contribution in [0, 0.1) is 0 Å². The van der Waals surface area contributed by atoms with Crippen LogP contribution in [-0.2, 0) is 36.4 Å². The molecule has 45 heavy (non-hydrogen) atoms. The van der Waals surface area contributed by atoms with Crippen molar-refractivity contribution < 1.29 is 33.6 Å². The van der Waals surface area contributed by atoms with Crippen molar-refractivity contribution in [3.05, 3.63) is 40.9 Å². The molecule has 3 aliphatic rings. The maximum atomic E-state index is 12.9. The number of hydrogen-bond acceptors (Lipinski definition) is 9. The van der Waals surface area contributed by atoms with Gasteiger partial charge in [-0.1, -0.05) is 54.1 Å². The average molecular weight is 677 g/mol. The average Bonchev–Trinajstić information content (AvgIpc) is 3.69. The molecular formula is C31H41ClN4O7SSi. The lowest BCUT2D eigenvalue weighted by Crippen LogP contribution is -2.35. The summed E-state index contributed by atoms with van der Waals surface area (Å²) in [6, 6.07) is 10.3. The summed E-state index contributed by atoms with van der Waals surface area (Å²) in [5, 5.41) is 11.0. The number of ether oxygens (including phenoxy) is 5. The van der Waals surface area contributed by atoms with Crippen molar-refractivity contribution in [3.63, 3.8) is 0 Å². The fraction of sp³-hybridized carbons (Fsp3) is 0.581. The SMILES string of the molecule is CS(=NC(=O)c1ccc(-c2nc3c(cc2Cl)nc(O[C@@H]2CO[C@H]4[C@@H]2OC[C@H]4O)n3COCC[Si](C)(C)C)cc1)C1CCOCC1. The fourth-order valence-electron chi connectivity index (χ4n) is 5.67. The first-order chi connectivity index (χ1) is 21.6. The number of nitrogens with zero attached hydrogens (tertiary/aromatic N) is 4. The molecule has 244 valence electrons. The molecule has 0 saturated carbocycles. The fourth-order valence-corrected chi connectivity index (χ4v) is 8.08. The zero-order valence-electron chi connectivity index (χ0n) is 26.1. The quantitative estimate of drug-likeness (QED) is 0.240. The number of rotatable bonds is 10. The van der Waals surface area contributed by atoms with Crippen molar-refractivity contribution in [1.82, 2.24) is 14.5 Å². The van der Waals surface area contributed by atoms with Crippen LogP contribution in [0.1, 0.15) is 23.2 Å². The molecule has 14 heteroatoms. The summed E-state index contributed by atoms with van der Waals surface area (Å²) < 4.78 is 35.7. The molecule has 0 bridgehead atoms. The van der Waals surface area contributed by atoms with Crippen LogP contribution in [0.3, 0.4) is 0 Å². The number of benzene rings is 1. The van der Waals surface area contributed by atoms with E-state index in [1.807, 2.05) is 18.4 Å². The normalized spacial score (nSPS) is 24.8. The van der Waals surface area contributed by atoms with E-state index in [1.165, 1.54) is 0 Å². The summed E-state index contributed by atoms with van der Waals surface area (Å²) in [4.78, 5) is 22.6. The number of carbonyl (C=O) groups is 1. The Hall–Kier alpha value is -2.23. The van der Waals surface area contributed by atoms with Gasteiger partial charge < -0.3 is 28.8 Å². The van der Waals surface area contributed by atoms with Crippen LogP contribution in [0.4, 0.5) is 0 Å². The number of aliphatic hydroxyl groups is 1. The number of fused-ring (bicyclic) bond motifs is 2. The smallest absolute Gasteiger partial charge is 0.301 e. The second-order valence-electron chi connectivity index (χ2n) is 13.0. The summed E-state index contributed by atoms with van der Waals surface area (Å²) in [5.74, 6) is -0.222. The second kappa shape index (κ2) is 13.9. The lowest BCUT2D eigenvalue weighted by Gasteiger charge is -2.22. The predicted octanol–water partition coefficient (Wildman–Crippen LogP) is 4.72. The van der Waals surface area contributed by atoms with E-state index >= 15 is 0 Å². The van der Waals surface area contributed by atoms with E-state index in [-0.39, 0.29) is 42.6 Å². The molecule has 1 unspecified atom stereocenters. The Kier molecular flexibility index (Phi) is 10.1. The molecule has 1 aromatic carbocycles. The maximum absolute atomic E-state index is 12.9. The summed E-state index contributed by atoms with van der Waals surface area (Å²) >= 11 is 6.75. The molecule has 11 nitrogen and oxygen atoms in total. The molecule has 5 heterocycles. The predicted molar refractivity (Wildman–Crippen MR) is 176 cm³/mol. The van der Waals surface area contributed by atoms with Crippen LogP contribution < -0.4 is 4.74 Å². The van der Waals surface area contributed by atoms with Crippen LogP contribution >= 0.6 is 11.6 Å². The highest BCUT2D eigenvalue weighted by Crippen LogP contribution is 2.34. The number of imidazole rings is 1. The third kappa shape index (κ3) is 7.51. The van der Waals surface area contributed by atoms with Crippen LogP contribution in [0.5, 0.6) is 6.01 Å². The molecule has 3 aliphatic heterocycles. The molecule has 2 aromatic heterocycles. The summed E-state index contributed by atoms with van der Waals surface area (Å²) in [5.41, 5.74) is 2.95. The van der Waals surface area contributed by atoms with Crippen LogP contribution in [0.2, 0.25) is 30.7 Å². The zero-order chi connectivity index (χ0) is 31.7. The van der Waals surface area contributed by atoms with Crippen molar-refractivity contribution in [3.8, 4) is 17.3 Å². The van der Waals surface area contributed by atoms with Gasteiger partial charge in [-0.3, -0.25) is 9.36 Å². The van der Waals surface area contributed by atoms with E-state index in [2.05, 4.69) is 24.0 Å². The first kappa shape index (κ1) is 32.7. The lowest BCUT2D eigenvalue weighted by molar-refractivity contribution is 0.00336. The van der Waals surface area contributed by atoms with Gasteiger partial charge in [-0.05, 0) is 43.3 Å². The molecule has 3 saturated heterocycles. The van der Waals surface area contributed by atoms with E-state index in [4.69, 9.17) is 45.3 Å². The van der Waals surface area contributed by atoms with Gasteiger partial charge in [0.05, 0.1) is 23.9 Å². The number of amides is 1. The Morgan fingerprint density at radius 1 is 1.13 bits per heavy atom. The van der Waals surface area contributed by atoms with Gasteiger partial charge >= 0.3 is 6.01 Å². The van der Waals surface area contributed by atoms with Gasteiger partial charge in [0.1, 0.15) is 30.6 Å².